The van der Waals surface area contributed by atoms with Gasteiger partial charge in [-0.3, -0.25) is 0 Å². The van der Waals surface area contributed by atoms with E-state index in [-0.39, 0.29) is 22.6 Å². The lowest BCUT2D eigenvalue weighted by Crippen LogP contribution is -2.02. The van der Waals surface area contributed by atoms with Crippen molar-refractivity contribution < 1.29 is 17.6 Å². The molecule has 20 heavy (non-hydrogen) atoms. The molecular weight excluding hydrogens is 315 g/mol. The first-order chi connectivity index (χ1) is 9.38. The van der Waals surface area contributed by atoms with Gasteiger partial charge in [-0.1, -0.05) is 17.7 Å². The van der Waals surface area contributed by atoms with Crippen LogP contribution in [-0.2, 0) is 6.42 Å². The third kappa shape index (κ3) is 3.25. The summed E-state index contributed by atoms with van der Waals surface area (Å²) in [5.74, 6) is -3.10. The topological polar surface area (TPSA) is 0 Å². The lowest BCUT2D eigenvalue weighted by Gasteiger charge is -2.12. The summed E-state index contributed by atoms with van der Waals surface area (Å²) in [6.07, 6.45) is -0.105. The van der Waals surface area contributed by atoms with Crippen LogP contribution in [0.2, 0.25) is 5.02 Å². The number of alkyl halides is 1. The van der Waals surface area contributed by atoms with Crippen molar-refractivity contribution in [3.05, 3.63) is 69.8 Å². The van der Waals surface area contributed by atoms with Gasteiger partial charge in [-0.25, -0.2) is 17.6 Å². The van der Waals surface area contributed by atoms with Crippen molar-refractivity contribution in [2.75, 3.05) is 0 Å². The van der Waals surface area contributed by atoms with E-state index in [1.807, 2.05) is 0 Å². The molecule has 2 rings (SSSR count). The zero-order chi connectivity index (χ0) is 14.9. The van der Waals surface area contributed by atoms with Crippen molar-refractivity contribution in [2.24, 2.45) is 0 Å². The molecule has 0 saturated heterocycles. The minimum absolute atomic E-state index is 0.105. The second-order valence-corrected chi connectivity index (χ2v) is 5.13. The van der Waals surface area contributed by atoms with E-state index < -0.39 is 28.6 Å². The number of hydrogen-bond donors (Lipinski definition) is 0. The summed E-state index contributed by atoms with van der Waals surface area (Å²) in [5.41, 5.74) is -0.0153. The molecule has 6 heteroatoms. The van der Waals surface area contributed by atoms with Gasteiger partial charge in [-0.2, -0.15) is 0 Å². The van der Waals surface area contributed by atoms with Crippen molar-refractivity contribution in [3.8, 4) is 0 Å². The fraction of sp³-hybridized carbons (Fsp3) is 0.143. The molecule has 2 aromatic rings. The number of benzene rings is 2. The van der Waals surface area contributed by atoms with E-state index >= 15 is 0 Å². The molecule has 0 amide bonds. The molecule has 0 fully saturated rings. The van der Waals surface area contributed by atoms with Gasteiger partial charge in [0.25, 0.3) is 0 Å². The lowest BCUT2D eigenvalue weighted by molar-refractivity contribution is 0.563. The molecule has 0 aliphatic rings. The van der Waals surface area contributed by atoms with Crippen molar-refractivity contribution in [1.29, 1.82) is 0 Å². The molecule has 1 atom stereocenters. The van der Waals surface area contributed by atoms with Crippen LogP contribution in [0.4, 0.5) is 17.6 Å². The first-order valence-electron chi connectivity index (χ1n) is 5.61. The van der Waals surface area contributed by atoms with Crippen LogP contribution in [0.1, 0.15) is 16.5 Å². The number of hydrogen-bond acceptors (Lipinski definition) is 0. The molecule has 2 aromatic carbocycles. The van der Waals surface area contributed by atoms with Gasteiger partial charge in [0.2, 0.25) is 0 Å². The summed E-state index contributed by atoms with van der Waals surface area (Å²) >= 11 is 11.4. The molecule has 0 radical (unpaired) electrons. The molecule has 0 aromatic heterocycles. The molecule has 0 saturated carbocycles. The van der Waals surface area contributed by atoms with Crippen LogP contribution in [0.25, 0.3) is 0 Å². The quantitative estimate of drug-likeness (QED) is 0.402. The van der Waals surface area contributed by atoms with E-state index in [9.17, 15) is 17.6 Å². The summed E-state index contributed by atoms with van der Waals surface area (Å²) in [4.78, 5) is 0. The maximum atomic E-state index is 13.7. The Morgan fingerprint density at radius 2 is 1.60 bits per heavy atom. The Balaban J connectivity index is 2.28. The minimum Gasteiger partial charge on any atom is -0.207 e. The number of halogens is 6. The molecule has 106 valence electrons. The van der Waals surface area contributed by atoms with Gasteiger partial charge in [0.1, 0.15) is 23.3 Å². The molecule has 0 aliphatic heterocycles. The van der Waals surface area contributed by atoms with Crippen molar-refractivity contribution in [2.45, 2.75) is 11.8 Å². The maximum absolute atomic E-state index is 13.7. The molecule has 0 spiro atoms. The fourth-order valence-corrected chi connectivity index (χ4v) is 2.25. The van der Waals surface area contributed by atoms with Crippen LogP contribution in [-0.4, -0.2) is 0 Å². The number of rotatable bonds is 3. The van der Waals surface area contributed by atoms with Gasteiger partial charge in [0.15, 0.2) is 0 Å². The average Bonchev–Trinajstić information content (AvgIpc) is 2.37. The zero-order valence-corrected chi connectivity index (χ0v) is 11.5. The highest BCUT2D eigenvalue weighted by Gasteiger charge is 2.18. The predicted octanol–water partition coefficient (Wildman–Crippen LogP) is 5.42. The minimum atomic E-state index is -0.998. The first-order valence-corrected chi connectivity index (χ1v) is 6.42. The Labute approximate surface area is 122 Å². The molecule has 1 unspecified atom stereocenters. The Kier molecular flexibility index (Phi) is 4.55. The highest BCUT2D eigenvalue weighted by atomic mass is 35.5. The van der Waals surface area contributed by atoms with Crippen LogP contribution in [0, 0.1) is 23.3 Å². The van der Waals surface area contributed by atoms with Crippen LogP contribution in [0.15, 0.2) is 30.3 Å². The van der Waals surface area contributed by atoms with E-state index in [0.717, 1.165) is 18.2 Å². The SMILES string of the molecule is Fc1ccc(CC(Cl)c2cc(F)c(Cl)cc2F)c(F)c1. The summed E-state index contributed by atoms with van der Waals surface area (Å²) < 4.78 is 53.2. The van der Waals surface area contributed by atoms with Gasteiger partial charge in [-0.15, -0.1) is 11.6 Å². The van der Waals surface area contributed by atoms with E-state index in [4.69, 9.17) is 23.2 Å². The van der Waals surface area contributed by atoms with Crippen LogP contribution >= 0.6 is 23.2 Å². The van der Waals surface area contributed by atoms with Gasteiger partial charge in [0, 0.05) is 11.6 Å². The van der Waals surface area contributed by atoms with Crippen LogP contribution < -0.4 is 0 Å². The van der Waals surface area contributed by atoms with Gasteiger partial charge < -0.3 is 0 Å². The van der Waals surface area contributed by atoms with E-state index in [0.29, 0.717) is 6.07 Å². The van der Waals surface area contributed by atoms with Crippen LogP contribution in [0.3, 0.4) is 0 Å². The molecule has 0 bridgehead atoms. The maximum Gasteiger partial charge on any atom is 0.142 e. The molecule has 0 N–H and O–H groups in total. The fourth-order valence-electron chi connectivity index (χ4n) is 1.77. The third-order valence-electron chi connectivity index (χ3n) is 2.79. The standard InChI is InChI=1S/C14H8Cl2F4/c15-10(3-7-1-2-8(17)4-12(7)18)9-5-14(20)11(16)6-13(9)19/h1-2,4-6,10H,3H2. The summed E-state index contributed by atoms with van der Waals surface area (Å²) in [7, 11) is 0. The average molecular weight is 323 g/mol. The van der Waals surface area contributed by atoms with Crippen molar-refractivity contribution in [3.63, 3.8) is 0 Å². The summed E-state index contributed by atoms with van der Waals surface area (Å²) in [6, 6.07) is 4.67. The Morgan fingerprint density at radius 3 is 2.25 bits per heavy atom. The van der Waals surface area contributed by atoms with Gasteiger partial charge >= 0.3 is 0 Å². The van der Waals surface area contributed by atoms with E-state index in [1.165, 1.54) is 6.07 Å². The second-order valence-electron chi connectivity index (χ2n) is 4.20. The zero-order valence-electron chi connectivity index (χ0n) is 9.94. The van der Waals surface area contributed by atoms with E-state index in [2.05, 4.69) is 0 Å². The van der Waals surface area contributed by atoms with Gasteiger partial charge in [-0.05, 0) is 30.2 Å². The Morgan fingerprint density at radius 1 is 0.900 bits per heavy atom. The summed E-state index contributed by atoms with van der Waals surface area (Å²) in [6.45, 7) is 0. The van der Waals surface area contributed by atoms with Crippen molar-refractivity contribution >= 4 is 23.2 Å². The normalized spacial score (nSPS) is 12.5. The lowest BCUT2D eigenvalue weighted by atomic mass is 10.0. The summed E-state index contributed by atoms with van der Waals surface area (Å²) in [5, 5.41) is -1.36. The van der Waals surface area contributed by atoms with Crippen LogP contribution in [0.5, 0.6) is 0 Å². The smallest absolute Gasteiger partial charge is 0.142 e. The first kappa shape index (κ1) is 15.1. The highest BCUT2D eigenvalue weighted by Crippen LogP contribution is 2.31. The largest absolute Gasteiger partial charge is 0.207 e. The van der Waals surface area contributed by atoms with Gasteiger partial charge in [0.05, 0.1) is 10.4 Å². The Hall–Kier alpha value is -1.26. The second kappa shape index (κ2) is 6.02. The Bertz CT molecular complexity index is 643. The molecular formula is C14H8Cl2F4. The molecule has 0 aliphatic carbocycles. The predicted molar refractivity (Wildman–Crippen MR) is 70.0 cm³/mol. The third-order valence-corrected chi connectivity index (χ3v) is 3.47. The van der Waals surface area contributed by atoms with E-state index in [1.54, 1.807) is 0 Å². The monoisotopic (exact) mass is 322 g/mol. The molecule has 0 nitrogen and oxygen atoms in total. The molecule has 0 heterocycles. The highest BCUT2D eigenvalue weighted by molar-refractivity contribution is 6.30. The van der Waals surface area contributed by atoms with Crippen molar-refractivity contribution in [1.82, 2.24) is 0 Å².